The van der Waals surface area contributed by atoms with Crippen LogP contribution in [0, 0.1) is 17.3 Å². The minimum Gasteiger partial charge on any atom is -0.351 e. The Kier molecular flexibility index (Phi) is 4.25. The summed E-state index contributed by atoms with van der Waals surface area (Å²) in [5.74, 6) is 2.43. The van der Waals surface area contributed by atoms with Crippen molar-refractivity contribution in [1.82, 2.24) is 14.9 Å². The molecule has 2 amide bonds. The summed E-state index contributed by atoms with van der Waals surface area (Å²) in [6.07, 6.45) is 10.7. The van der Waals surface area contributed by atoms with Gasteiger partial charge in [0.2, 0.25) is 11.8 Å². The highest BCUT2D eigenvalue weighted by Gasteiger charge is 2.60. The van der Waals surface area contributed by atoms with E-state index in [9.17, 15) is 9.59 Å². The highest BCUT2D eigenvalue weighted by Crippen LogP contribution is 2.61. The Labute approximate surface area is 183 Å². The number of aryl methyl sites for hydroxylation is 2. The number of fused-ring (bicyclic) bond motifs is 3. The van der Waals surface area contributed by atoms with E-state index < -0.39 is 0 Å². The molecule has 1 aromatic heterocycles. The second-order valence-electron chi connectivity index (χ2n) is 10.9. The number of hydrogen-bond donors (Lipinski definition) is 2. The predicted octanol–water partition coefficient (Wildman–Crippen LogP) is 4.18. The van der Waals surface area contributed by atoms with E-state index in [0.29, 0.717) is 11.8 Å². The molecular weight excluding hydrogens is 388 g/mol. The zero-order valence-electron chi connectivity index (χ0n) is 18.4. The van der Waals surface area contributed by atoms with Gasteiger partial charge in [-0.3, -0.25) is 9.59 Å². The van der Waals surface area contributed by atoms with Crippen LogP contribution in [-0.4, -0.2) is 26.9 Å². The van der Waals surface area contributed by atoms with Gasteiger partial charge in [0.25, 0.3) is 0 Å². The lowest BCUT2D eigenvalue weighted by Crippen LogP contribution is -2.65. The molecule has 5 aliphatic rings. The lowest BCUT2D eigenvalue weighted by molar-refractivity contribution is -0.148. The molecule has 4 aliphatic carbocycles. The van der Waals surface area contributed by atoms with Gasteiger partial charge in [0.1, 0.15) is 5.82 Å². The molecule has 31 heavy (non-hydrogen) atoms. The Morgan fingerprint density at radius 3 is 2.68 bits per heavy atom. The summed E-state index contributed by atoms with van der Waals surface area (Å²) in [6, 6.07) is 6.19. The van der Waals surface area contributed by atoms with Crippen LogP contribution in [0.1, 0.15) is 70.5 Å². The fraction of sp³-hybridized carbons (Fsp3) is 0.640. The van der Waals surface area contributed by atoms with Crippen LogP contribution >= 0.6 is 0 Å². The van der Waals surface area contributed by atoms with Crippen molar-refractivity contribution in [1.29, 1.82) is 0 Å². The number of carbonyl (C=O) groups is 2. The SMILES string of the molecule is CC(=O)NC12C[C@H]3C[C@@H](C1)CC(C(=O)Nc1ccc4c(c1)nc1n4CCCCC1)(C3)C2. The van der Waals surface area contributed by atoms with Crippen LogP contribution in [0.15, 0.2) is 18.2 Å². The lowest BCUT2D eigenvalue weighted by atomic mass is 9.46. The molecule has 2 aromatic rings. The molecule has 0 spiro atoms. The Hall–Kier alpha value is -2.37. The van der Waals surface area contributed by atoms with Gasteiger partial charge in [-0.25, -0.2) is 4.98 Å². The number of nitrogens with one attached hydrogen (secondary N) is 2. The number of rotatable bonds is 3. The van der Waals surface area contributed by atoms with Crippen LogP contribution < -0.4 is 10.6 Å². The average Bonchev–Trinajstić information content (AvgIpc) is 2.86. The number of hydrogen-bond acceptors (Lipinski definition) is 3. The number of anilines is 1. The second-order valence-corrected chi connectivity index (χ2v) is 10.9. The first-order valence-corrected chi connectivity index (χ1v) is 12.0. The molecule has 2 N–H and O–H groups in total. The number of imidazole rings is 1. The molecule has 4 atom stereocenters. The van der Waals surface area contributed by atoms with E-state index in [1.165, 1.54) is 37.0 Å². The van der Waals surface area contributed by atoms with Crippen LogP contribution in [0.4, 0.5) is 5.69 Å². The fourth-order valence-corrected chi connectivity index (χ4v) is 7.74. The number of carbonyl (C=O) groups excluding carboxylic acids is 2. The fourth-order valence-electron chi connectivity index (χ4n) is 7.74. The summed E-state index contributed by atoms with van der Waals surface area (Å²) in [7, 11) is 0. The monoisotopic (exact) mass is 420 g/mol. The van der Waals surface area contributed by atoms with E-state index in [1.807, 2.05) is 12.1 Å². The van der Waals surface area contributed by atoms with E-state index in [2.05, 4.69) is 21.3 Å². The first-order valence-electron chi connectivity index (χ1n) is 12.0. The Balaban J connectivity index is 1.27. The third kappa shape index (κ3) is 3.17. The van der Waals surface area contributed by atoms with Gasteiger partial charge in [-0.2, -0.15) is 0 Å². The number of benzene rings is 1. The van der Waals surface area contributed by atoms with Gasteiger partial charge in [0, 0.05) is 31.1 Å². The van der Waals surface area contributed by atoms with Crippen LogP contribution in [0.3, 0.4) is 0 Å². The summed E-state index contributed by atoms with van der Waals surface area (Å²) in [5, 5.41) is 6.51. The van der Waals surface area contributed by atoms with E-state index in [4.69, 9.17) is 4.98 Å². The van der Waals surface area contributed by atoms with Crippen molar-refractivity contribution >= 4 is 28.5 Å². The van der Waals surface area contributed by atoms with Crippen molar-refractivity contribution < 1.29 is 9.59 Å². The minimum atomic E-state index is -0.354. The molecule has 0 radical (unpaired) electrons. The summed E-state index contributed by atoms with van der Waals surface area (Å²) in [5.41, 5.74) is 2.46. The molecule has 7 rings (SSSR count). The van der Waals surface area contributed by atoms with Crippen LogP contribution in [0.5, 0.6) is 0 Å². The highest BCUT2D eigenvalue weighted by molar-refractivity contribution is 5.97. The van der Waals surface area contributed by atoms with Crippen LogP contribution in [0.25, 0.3) is 11.0 Å². The molecule has 1 aromatic carbocycles. The van der Waals surface area contributed by atoms with Crippen molar-refractivity contribution in [2.45, 2.75) is 83.2 Å². The summed E-state index contributed by atoms with van der Waals surface area (Å²) in [6.45, 7) is 2.64. The molecule has 4 bridgehead atoms. The molecule has 1 aliphatic heterocycles. The van der Waals surface area contributed by atoms with Gasteiger partial charge in [-0.1, -0.05) is 6.42 Å². The van der Waals surface area contributed by atoms with E-state index in [1.54, 1.807) is 6.92 Å². The number of amides is 2. The summed E-state index contributed by atoms with van der Waals surface area (Å²) < 4.78 is 2.35. The minimum absolute atomic E-state index is 0.0301. The molecule has 6 nitrogen and oxygen atoms in total. The van der Waals surface area contributed by atoms with E-state index >= 15 is 0 Å². The van der Waals surface area contributed by atoms with Gasteiger partial charge < -0.3 is 15.2 Å². The van der Waals surface area contributed by atoms with Crippen molar-refractivity contribution in [2.75, 3.05) is 5.32 Å². The third-order valence-electron chi connectivity index (χ3n) is 8.35. The average molecular weight is 421 g/mol. The Bertz CT molecular complexity index is 1060. The van der Waals surface area contributed by atoms with Gasteiger partial charge in [-0.05, 0) is 81.4 Å². The molecule has 0 saturated heterocycles. The molecule has 4 fully saturated rings. The number of aromatic nitrogens is 2. The zero-order chi connectivity index (χ0) is 21.2. The lowest BCUT2D eigenvalue weighted by Gasteiger charge is -2.61. The van der Waals surface area contributed by atoms with Crippen molar-refractivity contribution in [2.24, 2.45) is 17.3 Å². The van der Waals surface area contributed by atoms with Gasteiger partial charge in [0.15, 0.2) is 0 Å². The predicted molar refractivity (Wildman–Crippen MR) is 120 cm³/mol. The molecule has 2 unspecified atom stereocenters. The van der Waals surface area contributed by atoms with E-state index in [0.717, 1.165) is 56.3 Å². The topological polar surface area (TPSA) is 76.0 Å². The van der Waals surface area contributed by atoms with Crippen molar-refractivity contribution in [3.05, 3.63) is 24.0 Å². The first-order chi connectivity index (χ1) is 14.9. The van der Waals surface area contributed by atoms with Crippen LogP contribution in [-0.2, 0) is 22.6 Å². The summed E-state index contributed by atoms with van der Waals surface area (Å²) in [4.78, 5) is 30.4. The van der Waals surface area contributed by atoms with Gasteiger partial charge in [0.05, 0.1) is 16.4 Å². The van der Waals surface area contributed by atoms with Crippen molar-refractivity contribution in [3.63, 3.8) is 0 Å². The number of nitrogens with zero attached hydrogens (tertiary/aromatic N) is 2. The maximum Gasteiger partial charge on any atom is 0.230 e. The van der Waals surface area contributed by atoms with E-state index in [-0.39, 0.29) is 22.8 Å². The van der Waals surface area contributed by atoms with Gasteiger partial charge >= 0.3 is 0 Å². The standard InChI is InChI=1S/C25H32N4O2/c1-16(30)28-25-13-17-9-18(14-25)12-24(11-17,15-25)23(31)26-19-6-7-21-20(10-19)27-22-5-3-2-4-8-29(21)22/h6-7,10,17-18H,2-5,8-9,11-15H2,1H3,(H,26,31)(H,28,30)/t17-,18+,24?,25?. The van der Waals surface area contributed by atoms with Gasteiger partial charge in [-0.15, -0.1) is 0 Å². The molecular formula is C25H32N4O2. The first kappa shape index (κ1) is 19.3. The Morgan fingerprint density at radius 1 is 1.10 bits per heavy atom. The Morgan fingerprint density at radius 2 is 1.90 bits per heavy atom. The third-order valence-corrected chi connectivity index (χ3v) is 8.35. The quantitative estimate of drug-likeness (QED) is 0.782. The summed E-state index contributed by atoms with van der Waals surface area (Å²) >= 11 is 0. The normalized spacial score (nSPS) is 33.7. The molecule has 4 saturated carbocycles. The molecule has 2 heterocycles. The molecule has 6 heteroatoms. The second kappa shape index (κ2) is 6.81. The van der Waals surface area contributed by atoms with Crippen LogP contribution in [0.2, 0.25) is 0 Å². The smallest absolute Gasteiger partial charge is 0.230 e. The molecule has 164 valence electrons. The van der Waals surface area contributed by atoms with Crippen molar-refractivity contribution in [3.8, 4) is 0 Å². The zero-order valence-corrected chi connectivity index (χ0v) is 18.4. The highest BCUT2D eigenvalue weighted by atomic mass is 16.2. The largest absolute Gasteiger partial charge is 0.351 e. The maximum atomic E-state index is 13.6. The maximum absolute atomic E-state index is 13.6.